The number of aromatic nitrogens is 8. The molecule has 0 radical (unpaired) electrons. The van der Waals surface area contributed by atoms with Gasteiger partial charge in [0, 0.05) is 6.20 Å². The minimum absolute atomic E-state index is 0.262. The second-order valence-electron chi connectivity index (χ2n) is 5.91. The summed E-state index contributed by atoms with van der Waals surface area (Å²) in [6, 6.07) is 9.65. The molecule has 0 bridgehead atoms. The molecule has 28 heavy (non-hydrogen) atoms. The van der Waals surface area contributed by atoms with Gasteiger partial charge in [-0.1, -0.05) is 23.5 Å². The molecule has 0 amide bonds. The largest absolute Gasteiger partial charge is 0.388 e. The van der Waals surface area contributed by atoms with E-state index >= 15 is 0 Å². The van der Waals surface area contributed by atoms with Crippen LogP contribution in [0.5, 0.6) is 0 Å². The molecule has 138 valence electrons. The monoisotopic (exact) mass is 391 g/mol. The summed E-state index contributed by atoms with van der Waals surface area (Å²) in [5.74, 6) is 1.02. The Morgan fingerprint density at radius 2 is 2.00 bits per heavy atom. The minimum atomic E-state index is -0.262. The van der Waals surface area contributed by atoms with Gasteiger partial charge >= 0.3 is 0 Å². The molecule has 0 aliphatic rings. The molecule has 2 N–H and O–H groups in total. The van der Waals surface area contributed by atoms with Crippen molar-refractivity contribution in [2.75, 3.05) is 5.32 Å². The van der Waals surface area contributed by atoms with Gasteiger partial charge in [0.15, 0.2) is 11.0 Å². The van der Waals surface area contributed by atoms with Crippen LogP contribution in [0, 0.1) is 6.92 Å². The maximum absolute atomic E-state index is 9.22. The number of aliphatic hydroxyl groups is 1. The van der Waals surface area contributed by atoms with E-state index in [1.54, 1.807) is 12.3 Å². The third-order valence-corrected chi connectivity index (χ3v) is 5.04. The first kappa shape index (κ1) is 16.6. The van der Waals surface area contributed by atoms with Gasteiger partial charge in [0.05, 0.1) is 21.6 Å². The van der Waals surface area contributed by atoms with Crippen LogP contribution in [-0.2, 0) is 6.61 Å². The molecule has 1 aromatic carbocycles. The molecule has 4 heterocycles. The van der Waals surface area contributed by atoms with Crippen LogP contribution in [0.4, 0.5) is 11.1 Å². The van der Waals surface area contributed by atoms with Crippen molar-refractivity contribution in [3.05, 3.63) is 48.0 Å². The molecule has 0 unspecified atom stereocenters. The zero-order chi connectivity index (χ0) is 19.1. The second-order valence-corrected chi connectivity index (χ2v) is 6.94. The Morgan fingerprint density at radius 1 is 1.11 bits per heavy atom. The maximum Gasteiger partial charge on any atom is 0.272 e. The Balaban J connectivity index is 1.51. The van der Waals surface area contributed by atoms with Gasteiger partial charge in [-0.25, -0.2) is 15.0 Å². The van der Waals surface area contributed by atoms with E-state index < -0.39 is 0 Å². The van der Waals surface area contributed by atoms with Crippen molar-refractivity contribution in [3.8, 4) is 11.4 Å². The van der Waals surface area contributed by atoms with Crippen LogP contribution >= 0.6 is 11.3 Å². The van der Waals surface area contributed by atoms with Crippen molar-refractivity contribution in [1.29, 1.82) is 0 Å². The van der Waals surface area contributed by atoms with Crippen LogP contribution in [0.3, 0.4) is 0 Å². The van der Waals surface area contributed by atoms with Crippen molar-refractivity contribution in [1.82, 2.24) is 39.7 Å². The van der Waals surface area contributed by atoms with E-state index in [-0.39, 0.29) is 12.4 Å². The number of aryl methyl sites for hydroxylation is 1. The highest BCUT2D eigenvalue weighted by molar-refractivity contribution is 7.22. The van der Waals surface area contributed by atoms with Gasteiger partial charge < -0.3 is 5.11 Å². The summed E-state index contributed by atoms with van der Waals surface area (Å²) < 4.78 is 2.62. The number of thiazole rings is 1. The fourth-order valence-electron chi connectivity index (χ4n) is 2.78. The summed E-state index contributed by atoms with van der Waals surface area (Å²) in [6.07, 6.45) is 1.64. The molecule has 0 spiro atoms. The highest BCUT2D eigenvalue weighted by Gasteiger charge is 2.15. The first-order valence-electron chi connectivity index (χ1n) is 8.37. The lowest BCUT2D eigenvalue weighted by Gasteiger charge is -2.06. The number of aliphatic hydroxyl groups excluding tert-OH is 1. The Morgan fingerprint density at radius 3 is 2.86 bits per heavy atom. The van der Waals surface area contributed by atoms with E-state index in [9.17, 15) is 5.11 Å². The first-order chi connectivity index (χ1) is 13.7. The molecule has 0 saturated carbocycles. The lowest BCUT2D eigenvalue weighted by atomic mass is 10.2. The average Bonchev–Trinajstić information content (AvgIpc) is 3.32. The summed E-state index contributed by atoms with van der Waals surface area (Å²) in [6.45, 7) is 1.58. The minimum Gasteiger partial charge on any atom is -0.388 e. The zero-order valence-electron chi connectivity index (χ0n) is 14.6. The number of fused-ring (bicyclic) bond motifs is 2. The van der Waals surface area contributed by atoms with Crippen LogP contribution < -0.4 is 5.32 Å². The standard InChI is InChI=1S/C17H13N9OS/c1-9-14(23-24-16-21-13(8-27)25-26(9)16)11-6-7-18-15(19-11)22-17-20-10-4-2-3-5-12(10)28-17/h2-7,27H,8H2,1H3,(H,18,19,20,22). The molecular formula is C17H13N9OS. The lowest BCUT2D eigenvalue weighted by Crippen LogP contribution is -2.05. The number of hydrogen-bond acceptors (Lipinski definition) is 10. The van der Waals surface area contributed by atoms with Gasteiger partial charge in [0.25, 0.3) is 5.78 Å². The smallest absolute Gasteiger partial charge is 0.272 e. The van der Waals surface area contributed by atoms with Crippen molar-refractivity contribution in [2.24, 2.45) is 0 Å². The second kappa shape index (κ2) is 6.55. The van der Waals surface area contributed by atoms with Crippen LogP contribution in [0.15, 0.2) is 36.5 Å². The van der Waals surface area contributed by atoms with Gasteiger partial charge in [0.1, 0.15) is 12.3 Å². The molecule has 0 atom stereocenters. The highest BCUT2D eigenvalue weighted by Crippen LogP contribution is 2.27. The number of hydrogen-bond donors (Lipinski definition) is 2. The van der Waals surface area contributed by atoms with Crippen molar-refractivity contribution >= 4 is 38.4 Å². The van der Waals surface area contributed by atoms with Crippen molar-refractivity contribution in [2.45, 2.75) is 13.5 Å². The van der Waals surface area contributed by atoms with E-state index in [0.717, 1.165) is 10.2 Å². The lowest BCUT2D eigenvalue weighted by molar-refractivity contribution is 0.271. The quantitative estimate of drug-likeness (QED) is 0.473. The molecule has 0 fully saturated rings. The fraction of sp³-hybridized carbons (Fsp3) is 0.118. The predicted molar refractivity (Wildman–Crippen MR) is 103 cm³/mol. The van der Waals surface area contributed by atoms with E-state index in [1.807, 2.05) is 31.2 Å². The normalized spacial score (nSPS) is 11.4. The first-order valence-corrected chi connectivity index (χ1v) is 9.19. The maximum atomic E-state index is 9.22. The van der Waals surface area contributed by atoms with Gasteiger partial charge in [-0.3, -0.25) is 5.32 Å². The van der Waals surface area contributed by atoms with Gasteiger partial charge in [-0.2, -0.15) is 9.50 Å². The van der Waals surface area contributed by atoms with Gasteiger partial charge in [0.2, 0.25) is 5.95 Å². The molecule has 0 aliphatic heterocycles. The van der Waals surface area contributed by atoms with E-state index in [0.29, 0.717) is 33.9 Å². The number of nitrogens with one attached hydrogen (secondary N) is 1. The number of anilines is 2. The Kier molecular flexibility index (Phi) is 3.88. The molecule has 5 aromatic rings. The third kappa shape index (κ3) is 2.82. The predicted octanol–water partition coefficient (Wildman–Crippen LogP) is 2.13. The third-order valence-electron chi connectivity index (χ3n) is 4.09. The van der Waals surface area contributed by atoms with Crippen molar-refractivity contribution in [3.63, 3.8) is 0 Å². The van der Waals surface area contributed by atoms with Crippen LogP contribution in [0.1, 0.15) is 11.5 Å². The highest BCUT2D eigenvalue weighted by atomic mass is 32.1. The Labute approximate surface area is 162 Å². The zero-order valence-corrected chi connectivity index (χ0v) is 15.4. The average molecular weight is 391 g/mol. The number of para-hydroxylation sites is 1. The van der Waals surface area contributed by atoms with Crippen LogP contribution in [-0.4, -0.2) is 44.9 Å². The van der Waals surface area contributed by atoms with E-state index in [4.69, 9.17) is 0 Å². The summed E-state index contributed by atoms with van der Waals surface area (Å²) in [4.78, 5) is 17.4. The molecule has 0 aliphatic carbocycles. The summed E-state index contributed by atoms with van der Waals surface area (Å²) in [5.41, 5.74) is 2.77. The van der Waals surface area contributed by atoms with Gasteiger partial charge in [-0.05, 0) is 25.1 Å². The van der Waals surface area contributed by atoms with Gasteiger partial charge in [-0.15, -0.1) is 15.3 Å². The topological polar surface area (TPSA) is 127 Å². The van der Waals surface area contributed by atoms with E-state index in [2.05, 4.69) is 40.5 Å². The molecule has 11 heteroatoms. The molecular weight excluding hydrogens is 378 g/mol. The molecule has 10 nitrogen and oxygen atoms in total. The van der Waals surface area contributed by atoms with E-state index in [1.165, 1.54) is 15.9 Å². The fourth-order valence-corrected chi connectivity index (χ4v) is 3.64. The molecule has 0 saturated heterocycles. The summed E-state index contributed by atoms with van der Waals surface area (Å²) >= 11 is 1.53. The molecule has 4 aromatic heterocycles. The number of benzene rings is 1. The van der Waals surface area contributed by atoms with Crippen LogP contribution in [0.25, 0.3) is 27.4 Å². The molecule has 5 rings (SSSR count). The number of nitrogens with zero attached hydrogens (tertiary/aromatic N) is 8. The summed E-state index contributed by atoms with van der Waals surface area (Å²) in [7, 11) is 0. The number of rotatable bonds is 4. The van der Waals surface area contributed by atoms with Crippen LogP contribution in [0.2, 0.25) is 0 Å². The SMILES string of the molecule is Cc1c(-c2ccnc(Nc3nc4ccccc4s3)n2)nnc2nc(CO)nn12. The van der Waals surface area contributed by atoms with Crippen molar-refractivity contribution < 1.29 is 5.11 Å². The Hall–Kier alpha value is -3.57. The summed E-state index contributed by atoms with van der Waals surface area (Å²) in [5, 5.41) is 25.6. The Bertz CT molecular complexity index is 1280.